The van der Waals surface area contributed by atoms with Gasteiger partial charge >= 0.3 is 12.1 Å². The number of ether oxygens (including phenoxy) is 2. The summed E-state index contributed by atoms with van der Waals surface area (Å²) in [5, 5.41) is 17.6. The second-order valence-electron chi connectivity index (χ2n) is 9.20. The van der Waals surface area contributed by atoms with Crippen molar-refractivity contribution in [1.29, 1.82) is 0 Å². The van der Waals surface area contributed by atoms with Crippen LogP contribution in [-0.4, -0.2) is 66.2 Å². The molecule has 2 fully saturated rings. The van der Waals surface area contributed by atoms with Crippen LogP contribution in [0.15, 0.2) is 6.20 Å². The Bertz CT molecular complexity index is 1030. The summed E-state index contributed by atoms with van der Waals surface area (Å²) in [4.78, 5) is 34.5. The van der Waals surface area contributed by atoms with Gasteiger partial charge in [-0.15, -0.1) is 5.10 Å². The quantitative estimate of drug-likeness (QED) is 0.645. The molecule has 1 amide bonds. The predicted molar refractivity (Wildman–Crippen MR) is 121 cm³/mol. The van der Waals surface area contributed by atoms with Crippen molar-refractivity contribution in [3.05, 3.63) is 17.6 Å². The van der Waals surface area contributed by atoms with E-state index in [1.807, 2.05) is 0 Å². The molecule has 0 bridgehead atoms. The second kappa shape index (κ2) is 10.4. The topological polar surface area (TPSA) is 133 Å². The molecular formula is C23H32N6O5. The number of carboxylic acid groups (broad SMARTS) is 1. The number of nitrogens with zero attached hydrogens (tertiary/aromatic N) is 6. The summed E-state index contributed by atoms with van der Waals surface area (Å²) < 4.78 is 13.1. The number of amides is 1. The summed E-state index contributed by atoms with van der Waals surface area (Å²) in [6, 6.07) is 0.229. The number of aryl methyl sites for hydroxylation is 2. The maximum atomic E-state index is 12.5. The van der Waals surface area contributed by atoms with Gasteiger partial charge in [0.05, 0.1) is 12.1 Å². The maximum Gasteiger partial charge on any atom is 0.410 e. The van der Waals surface area contributed by atoms with Gasteiger partial charge < -0.3 is 19.5 Å². The molecule has 2 aliphatic rings. The molecule has 11 heteroatoms. The minimum Gasteiger partial charge on any atom is -0.481 e. The Labute approximate surface area is 198 Å². The first-order valence-electron chi connectivity index (χ1n) is 11.8. The highest BCUT2D eigenvalue weighted by Gasteiger charge is 2.29. The summed E-state index contributed by atoms with van der Waals surface area (Å²) in [5.74, 6) is -0.782. The third-order valence-corrected chi connectivity index (χ3v) is 6.83. The van der Waals surface area contributed by atoms with Crippen molar-refractivity contribution < 1.29 is 24.2 Å². The van der Waals surface area contributed by atoms with Crippen molar-refractivity contribution in [2.75, 3.05) is 7.05 Å². The van der Waals surface area contributed by atoms with Crippen LogP contribution < -0.4 is 4.74 Å². The largest absolute Gasteiger partial charge is 0.481 e. The lowest BCUT2D eigenvalue weighted by Gasteiger charge is -2.27. The number of aromatic nitrogens is 5. The van der Waals surface area contributed by atoms with E-state index < -0.39 is 5.97 Å². The fourth-order valence-electron chi connectivity index (χ4n) is 4.74. The first kappa shape index (κ1) is 23.9. The zero-order valence-corrected chi connectivity index (χ0v) is 19.9. The highest BCUT2D eigenvalue weighted by atomic mass is 16.6. The first-order chi connectivity index (χ1) is 16.3. The van der Waals surface area contributed by atoms with Crippen LogP contribution in [-0.2, 0) is 23.2 Å². The summed E-state index contributed by atoms with van der Waals surface area (Å²) in [6.45, 7) is 1.81. The summed E-state index contributed by atoms with van der Waals surface area (Å²) in [5.41, 5.74) is 2.18. The van der Waals surface area contributed by atoms with Crippen LogP contribution in [0.1, 0.15) is 62.8 Å². The van der Waals surface area contributed by atoms with E-state index in [0.717, 1.165) is 38.5 Å². The van der Waals surface area contributed by atoms with Gasteiger partial charge in [0.25, 0.3) is 0 Å². The van der Waals surface area contributed by atoms with E-state index in [4.69, 9.17) is 9.47 Å². The van der Waals surface area contributed by atoms with Gasteiger partial charge in [-0.25, -0.2) is 19.4 Å². The first-order valence-corrected chi connectivity index (χ1v) is 11.8. The number of rotatable bonds is 7. The molecule has 2 aliphatic carbocycles. The lowest BCUT2D eigenvalue weighted by Crippen LogP contribution is -2.35. The van der Waals surface area contributed by atoms with E-state index in [-0.39, 0.29) is 30.8 Å². The van der Waals surface area contributed by atoms with Crippen molar-refractivity contribution in [2.24, 2.45) is 13.0 Å². The summed E-state index contributed by atoms with van der Waals surface area (Å²) in [7, 11) is 3.51. The Morgan fingerprint density at radius 3 is 2.68 bits per heavy atom. The van der Waals surface area contributed by atoms with Crippen molar-refractivity contribution in [1.82, 2.24) is 29.9 Å². The minimum atomic E-state index is -0.781. The minimum absolute atomic E-state index is 0.0202. The SMILES string of the molecule is Cc1nc(-c2nnn(C)c2COC(=O)N(C)C2CCCC2)cnc1O[C@H]1CCC[C@H](C(=O)O)C1. The van der Waals surface area contributed by atoms with Gasteiger partial charge in [0.2, 0.25) is 5.88 Å². The van der Waals surface area contributed by atoms with Gasteiger partial charge in [0.15, 0.2) is 0 Å². The van der Waals surface area contributed by atoms with Crippen LogP contribution in [0.3, 0.4) is 0 Å². The number of carbonyl (C=O) groups is 2. The van der Waals surface area contributed by atoms with Gasteiger partial charge in [-0.1, -0.05) is 18.1 Å². The van der Waals surface area contributed by atoms with E-state index in [0.29, 0.717) is 41.5 Å². The predicted octanol–water partition coefficient (Wildman–Crippen LogP) is 3.11. The van der Waals surface area contributed by atoms with Crippen molar-refractivity contribution in [2.45, 2.75) is 77.0 Å². The Hall–Kier alpha value is -3.24. The van der Waals surface area contributed by atoms with Crippen LogP contribution in [0, 0.1) is 12.8 Å². The highest BCUT2D eigenvalue weighted by Crippen LogP contribution is 2.29. The molecule has 0 aliphatic heterocycles. The van der Waals surface area contributed by atoms with Crippen LogP contribution in [0.2, 0.25) is 0 Å². The normalized spacial score (nSPS) is 20.8. The lowest BCUT2D eigenvalue weighted by atomic mass is 9.87. The molecule has 2 heterocycles. The molecule has 2 atom stereocenters. The van der Waals surface area contributed by atoms with Crippen molar-refractivity contribution >= 4 is 12.1 Å². The molecule has 34 heavy (non-hydrogen) atoms. The van der Waals surface area contributed by atoms with Crippen LogP contribution >= 0.6 is 0 Å². The highest BCUT2D eigenvalue weighted by molar-refractivity contribution is 5.70. The third kappa shape index (κ3) is 5.28. The maximum absolute atomic E-state index is 12.5. The van der Waals surface area contributed by atoms with Crippen molar-refractivity contribution in [3.8, 4) is 17.3 Å². The molecule has 0 radical (unpaired) electrons. The average molecular weight is 473 g/mol. The van der Waals surface area contributed by atoms with Gasteiger partial charge in [-0.05, 0) is 45.4 Å². The Morgan fingerprint density at radius 2 is 1.97 bits per heavy atom. The van der Waals surface area contributed by atoms with Gasteiger partial charge in [0, 0.05) is 20.1 Å². The average Bonchev–Trinajstić information content (AvgIpc) is 3.48. The molecule has 184 valence electrons. The lowest BCUT2D eigenvalue weighted by molar-refractivity contribution is -0.143. The molecular weight excluding hydrogens is 440 g/mol. The standard InChI is InChI=1S/C23H32N6O5/c1-14-21(34-17-10-6-7-15(11-17)22(30)31)24-12-18(25-14)20-19(29(3)27-26-20)13-33-23(32)28(2)16-8-4-5-9-16/h12,15-17H,4-11,13H2,1-3H3,(H,30,31)/t15-,17-/m0/s1. The fourth-order valence-corrected chi connectivity index (χ4v) is 4.74. The molecule has 11 nitrogen and oxygen atoms in total. The molecule has 0 spiro atoms. The Morgan fingerprint density at radius 1 is 1.21 bits per heavy atom. The van der Waals surface area contributed by atoms with Crippen LogP contribution in [0.5, 0.6) is 5.88 Å². The number of aliphatic carboxylic acids is 1. The number of hydrogen-bond acceptors (Lipinski definition) is 8. The van der Waals surface area contributed by atoms with Gasteiger partial charge in [0.1, 0.15) is 35.5 Å². The van der Waals surface area contributed by atoms with Gasteiger partial charge in [-0.3, -0.25) is 4.79 Å². The van der Waals surface area contributed by atoms with E-state index in [9.17, 15) is 14.7 Å². The van der Waals surface area contributed by atoms with E-state index in [1.165, 1.54) is 0 Å². The fraction of sp³-hybridized carbons (Fsp3) is 0.652. The van der Waals surface area contributed by atoms with E-state index in [2.05, 4.69) is 20.3 Å². The number of carboxylic acids is 1. The Kier molecular flexibility index (Phi) is 7.28. The molecule has 4 rings (SSSR count). The molecule has 2 aromatic heterocycles. The second-order valence-corrected chi connectivity index (χ2v) is 9.20. The molecule has 0 unspecified atom stereocenters. The third-order valence-electron chi connectivity index (χ3n) is 6.83. The molecule has 2 aromatic rings. The zero-order chi connectivity index (χ0) is 24.2. The number of hydrogen-bond donors (Lipinski definition) is 1. The Balaban J connectivity index is 1.43. The summed E-state index contributed by atoms with van der Waals surface area (Å²) in [6.07, 6.45) is 8.02. The molecule has 1 N–H and O–H groups in total. The summed E-state index contributed by atoms with van der Waals surface area (Å²) >= 11 is 0. The molecule has 0 saturated heterocycles. The monoisotopic (exact) mass is 472 g/mol. The van der Waals surface area contributed by atoms with Gasteiger partial charge in [-0.2, -0.15) is 0 Å². The van der Waals surface area contributed by atoms with Crippen LogP contribution in [0.25, 0.3) is 11.4 Å². The smallest absolute Gasteiger partial charge is 0.410 e. The van der Waals surface area contributed by atoms with E-state index >= 15 is 0 Å². The van der Waals surface area contributed by atoms with Crippen LogP contribution in [0.4, 0.5) is 4.79 Å². The van der Waals surface area contributed by atoms with E-state index in [1.54, 1.807) is 36.8 Å². The molecule has 2 saturated carbocycles. The van der Waals surface area contributed by atoms with Crippen molar-refractivity contribution in [3.63, 3.8) is 0 Å². The molecule has 0 aromatic carbocycles. The zero-order valence-electron chi connectivity index (χ0n) is 19.9. The number of carbonyl (C=O) groups excluding carboxylic acids is 1.